The van der Waals surface area contributed by atoms with Gasteiger partial charge in [-0.05, 0) is 76.2 Å². The third-order valence-corrected chi connectivity index (χ3v) is 8.55. The third kappa shape index (κ3) is 6.46. The Kier molecular flexibility index (Phi) is 9.62. The number of piperidine rings is 1. The average Bonchev–Trinajstić information content (AvgIpc) is 3.35. The highest BCUT2D eigenvalue weighted by Crippen LogP contribution is 2.43. The highest BCUT2D eigenvalue weighted by molar-refractivity contribution is 5.81. The van der Waals surface area contributed by atoms with E-state index >= 15 is 0 Å². The van der Waals surface area contributed by atoms with E-state index < -0.39 is 5.60 Å². The molecule has 1 aliphatic heterocycles. The van der Waals surface area contributed by atoms with Crippen LogP contribution < -0.4 is 5.32 Å². The molecule has 1 aromatic carbocycles. The Bertz CT molecular complexity index is 912. The van der Waals surface area contributed by atoms with Crippen LogP contribution in [0.4, 0.5) is 4.39 Å². The highest BCUT2D eigenvalue weighted by Gasteiger charge is 2.43. The number of rotatable bonds is 12. The van der Waals surface area contributed by atoms with Crippen molar-refractivity contribution in [3.8, 4) is 0 Å². The van der Waals surface area contributed by atoms with Crippen LogP contribution in [-0.4, -0.2) is 56.4 Å². The molecule has 3 atom stereocenters. The van der Waals surface area contributed by atoms with E-state index in [0.29, 0.717) is 35.6 Å². The number of likely N-dealkylation sites (N-methyl/N-ethyl adjacent to an activating group) is 1. The van der Waals surface area contributed by atoms with Gasteiger partial charge in [-0.2, -0.15) is 0 Å². The molecule has 2 aliphatic rings. The second-order valence-corrected chi connectivity index (χ2v) is 11.0. The Balaban J connectivity index is 1.59. The van der Waals surface area contributed by atoms with Gasteiger partial charge in [-0.1, -0.05) is 32.1 Å². The molecule has 2 fully saturated rings. The van der Waals surface area contributed by atoms with E-state index in [1.807, 2.05) is 7.05 Å². The summed E-state index contributed by atoms with van der Waals surface area (Å²) in [5.41, 5.74) is 0.0885. The molecule has 2 N–H and O–H groups in total. The zero-order valence-corrected chi connectivity index (χ0v) is 21.7. The summed E-state index contributed by atoms with van der Waals surface area (Å²) in [6.07, 6.45) is 13.9. The van der Waals surface area contributed by atoms with Crippen LogP contribution in [0.15, 0.2) is 28.9 Å². The highest BCUT2D eigenvalue weighted by atomic mass is 19.1. The number of hydrogen-bond acceptors (Lipinski definition) is 5. The van der Waals surface area contributed by atoms with Crippen molar-refractivity contribution in [2.24, 2.45) is 11.8 Å². The van der Waals surface area contributed by atoms with Gasteiger partial charge in [0, 0.05) is 49.7 Å². The van der Waals surface area contributed by atoms with Gasteiger partial charge in [0.1, 0.15) is 11.4 Å². The predicted molar refractivity (Wildman–Crippen MR) is 139 cm³/mol. The molecule has 3 unspecified atom stereocenters. The Morgan fingerprint density at radius 2 is 2.03 bits per heavy atom. The van der Waals surface area contributed by atoms with E-state index in [-0.39, 0.29) is 11.7 Å². The van der Waals surface area contributed by atoms with Gasteiger partial charge >= 0.3 is 0 Å². The lowest BCUT2D eigenvalue weighted by molar-refractivity contribution is -0.0686. The molecule has 196 valence electrons. The number of hydrogen-bond donors (Lipinski definition) is 2. The number of aliphatic hydroxyl groups is 1. The summed E-state index contributed by atoms with van der Waals surface area (Å²) in [5.74, 6) is 0.517. The van der Waals surface area contributed by atoms with Crippen LogP contribution in [0, 0.1) is 17.7 Å². The second kappa shape index (κ2) is 12.7. The fourth-order valence-corrected chi connectivity index (χ4v) is 6.70. The normalized spacial score (nSPS) is 22.9. The molecular weight excluding hydrogens is 443 g/mol. The maximum absolute atomic E-state index is 14.7. The van der Waals surface area contributed by atoms with Crippen molar-refractivity contribution >= 4 is 11.0 Å². The van der Waals surface area contributed by atoms with Crippen LogP contribution in [0.2, 0.25) is 0 Å². The van der Waals surface area contributed by atoms with Gasteiger partial charge in [-0.3, -0.25) is 4.90 Å². The number of methoxy groups -OCH3 is 1. The van der Waals surface area contributed by atoms with E-state index in [1.165, 1.54) is 50.7 Å². The molecule has 0 amide bonds. The number of nitrogens with one attached hydrogen (secondary N) is 1. The SMILES string of the molecule is CNCC(CC1CCCCC1)N1CCCC(C(O)(CCCCOC)c2cc(F)cc3ccoc23)C1. The lowest BCUT2D eigenvalue weighted by Gasteiger charge is -2.46. The summed E-state index contributed by atoms with van der Waals surface area (Å²) in [6.45, 7) is 3.53. The minimum Gasteiger partial charge on any atom is -0.464 e. The summed E-state index contributed by atoms with van der Waals surface area (Å²) in [4.78, 5) is 2.61. The number of furan rings is 1. The lowest BCUT2D eigenvalue weighted by atomic mass is 9.73. The van der Waals surface area contributed by atoms with Crippen molar-refractivity contribution in [3.05, 3.63) is 35.8 Å². The standard InChI is InChI=1S/C29H45FN2O3/c1-31-20-26(17-22-9-4-3-5-10-22)32-14-8-11-24(21-32)29(33,13-6-7-15-34-2)27-19-25(30)18-23-12-16-35-28(23)27/h12,16,18-19,22,24,26,31,33H,3-11,13-15,17,20-21H2,1-2H3. The predicted octanol–water partition coefficient (Wildman–Crippen LogP) is 5.85. The molecule has 1 saturated heterocycles. The van der Waals surface area contributed by atoms with Crippen molar-refractivity contribution in [1.82, 2.24) is 10.2 Å². The Morgan fingerprint density at radius 1 is 1.20 bits per heavy atom. The number of unbranched alkanes of at least 4 members (excludes halogenated alkanes) is 1. The van der Waals surface area contributed by atoms with Crippen molar-refractivity contribution in [1.29, 1.82) is 0 Å². The van der Waals surface area contributed by atoms with Gasteiger partial charge in [0.25, 0.3) is 0 Å². The van der Waals surface area contributed by atoms with Crippen molar-refractivity contribution < 1.29 is 18.7 Å². The van der Waals surface area contributed by atoms with Crippen molar-refractivity contribution in [2.45, 2.75) is 82.3 Å². The van der Waals surface area contributed by atoms with Crippen LogP contribution in [-0.2, 0) is 10.3 Å². The molecule has 1 aliphatic carbocycles. The zero-order chi connectivity index (χ0) is 24.7. The first-order valence-corrected chi connectivity index (χ1v) is 13.8. The zero-order valence-electron chi connectivity index (χ0n) is 21.7. The number of fused-ring (bicyclic) bond motifs is 1. The summed E-state index contributed by atoms with van der Waals surface area (Å²) < 4.78 is 25.8. The molecule has 0 radical (unpaired) electrons. The van der Waals surface area contributed by atoms with Gasteiger partial charge in [-0.15, -0.1) is 0 Å². The van der Waals surface area contributed by atoms with E-state index in [0.717, 1.165) is 51.2 Å². The maximum atomic E-state index is 14.7. The lowest BCUT2D eigenvalue weighted by Crippen LogP contribution is -2.52. The van der Waals surface area contributed by atoms with E-state index in [9.17, 15) is 9.50 Å². The van der Waals surface area contributed by atoms with E-state index in [2.05, 4.69) is 10.2 Å². The number of nitrogens with zero attached hydrogens (tertiary/aromatic N) is 1. The first-order chi connectivity index (χ1) is 17.0. The fraction of sp³-hybridized carbons (Fsp3) is 0.724. The minimum absolute atomic E-state index is 0.0274. The van der Waals surface area contributed by atoms with Gasteiger partial charge in [0.2, 0.25) is 0 Å². The summed E-state index contributed by atoms with van der Waals surface area (Å²) in [6, 6.07) is 5.26. The Labute approximate surface area is 210 Å². The molecule has 1 aromatic heterocycles. The Morgan fingerprint density at radius 3 is 2.80 bits per heavy atom. The van der Waals surface area contributed by atoms with Gasteiger partial charge in [0.15, 0.2) is 0 Å². The molecule has 6 heteroatoms. The number of ether oxygens (including phenoxy) is 1. The van der Waals surface area contributed by atoms with Crippen LogP contribution in [0.1, 0.15) is 76.2 Å². The third-order valence-electron chi connectivity index (χ3n) is 8.55. The van der Waals surface area contributed by atoms with E-state index in [4.69, 9.17) is 9.15 Å². The molecule has 1 saturated carbocycles. The molecule has 5 nitrogen and oxygen atoms in total. The molecule has 2 heterocycles. The first kappa shape index (κ1) is 26.6. The van der Waals surface area contributed by atoms with Crippen LogP contribution in [0.3, 0.4) is 0 Å². The van der Waals surface area contributed by atoms with E-state index in [1.54, 1.807) is 19.4 Å². The van der Waals surface area contributed by atoms with Crippen LogP contribution >= 0.6 is 0 Å². The summed E-state index contributed by atoms with van der Waals surface area (Å²) >= 11 is 0. The monoisotopic (exact) mass is 488 g/mol. The first-order valence-electron chi connectivity index (χ1n) is 13.8. The van der Waals surface area contributed by atoms with Gasteiger partial charge in [-0.25, -0.2) is 4.39 Å². The smallest absolute Gasteiger partial charge is 0.140 e. The minimum atomic E-state index is -1.14. The maximum Gasteiger partial charge on any atom is 0.140 e. The molecule has 35 heavy (non-hydrogen) atoms. The van der Waals surface area contributed by atoms with Crippen molar-refractivity contribution in [3.63, 3.8) is 0 Å². The average molecular weight is 489 g/mol. The van der Waals surface area contributed by atoms with Gasteiger partial charge < -0.3 is 19.6 Å². The number of benzene rings is 1. The topological polar surface area (TPSA) is 57.9 Å². The molecule has 0 bridgehead atoms. The van der Waals surface area contributed by atoms with Gasteiger partial charge in [0.05, 0.1) is 11.9 Å². The largest absolute Gasteiger partial charge is 0.464 e. The quantitative estimate of drug-likeness (QED) is 0.367. The second-order valence-electron chi connectivity index (χ2n) is 11.0. The molecule has 2 aromatic rings. The number of likely N-dealkylation sites (tertiary alicyclic amines) is 1. The molecule has 0 spiro atoms. The molecule has 4 rings (SSSR count). The summed E-state index contributed by atoms with van der Waals surface area (Å²) in [7, 11) is 3.75. The Hall–Kier alpha value is -1.47. The van der Waals surface area contributed by atoms with Crippen molar-refractivity contribution in [2.75, 3.05) is 40.4 Å². The summed E-state index contributed by atoms with van der Waals surface area (Å²) in [5, 5.41) is 16.5. The van der Waals surface area contributed by atoms with Crippen LogP contribution in [0.25, 0.3) is 11.0 Å². The molecular formula is C29H45FN2O3. The van der Waals surface area contributed by atoms with Crippen LogP contribution in [0.5, 0.6) is 0 Å². The fourth-order valence-electron chi connectivity index (χ4n) is 6.70. The number of halogens is 1.